The van der Waals surface area contributed by atoms with E-state index in [1.54, 1.807) is 0 Å². The molecule has 0 amide bonds. The molecule has 0 spiro atoms. The number of morpholine rings is 1. The molecule has 1 saturated carbocycles. The van der Waals surface area contributed by atoms with Gasteiger partial charge in [-0.2, -0.15) is 0 Å². The largest absolute Gasteiger partial charge is 0.374 e. The molecule has 1 aromatic rings. The SMILES string of the molecule is CN1CCOC(CN(Cc2ccncc2)CC2CC2)C1. The summed E-state index contributed by atoms with van der Waals surface area (Å²) in [6.45, 7) is 6.26. The summed E-state index contributed by atoms with van der Waals surface area (Å²) in [5, 5.41) is 0. The summed E-state index contributed by atoms with van der Waals surface area (Å²) >= 11 is 0. The Morgan fingerprint density at radius 1 is 1.30 bits per heavy atom. The van der Waals surface area contributed by atoms with E-state index >= 15 is 0 Å². The van der Waals surface area contributed by atoms with Gasteiger partial charge in [0.15, 0.2) is 0 Å². The number of ether oxygens (including phenoxy) is 1. The fraction of sp³-hybridized carbons (Fsp3) is 0.688. The molecule has 0 aromatic carbocycles. The Labute approximate surface area is 121 Å². The second-order valence-electron chi connectivity index (χ2n) is 6.25. The standard InChI is InChI=1S/C16H25N3O/c1-18-8-9-20-16(12-18)13-19(10-14-2-3-14)11-15-4-6-17-7-5-15/h4-7,14,16H,2-3,8-13H2,1H3. The maximum Gasteiger partial charge on any atom is 0.0829 e. The first kappa shape index (κ1) is 14.0. The van der Waals surface area contributed by atoms with Crippen molar-refractivity contribution < 1.29 is 4.74 Å². The molecule has 4 nitrogen and oxygen atoms in total. The van der Waals surface area contributed by atoms with E-state index in [0.717, 1.165) is 38.7 Å². The second kappa shape index (κ2) is 6.66. The zero-order chi connectivity index (χ0) is 13.8. The lowest BCUT2D eigenvalue weighted by atomic mass is 10.2. The van der Waals surface area contributed by atoms with Gasteiger partial charge >= 0.3 is 0 Å². The number of likely N-dealkylation sites (N-methyl/N-ethyl adjacent to an activating group) is 1. The molecule has 2 aliphatic rings. The van der Waals surface area contributed by atoms with E-state index < -0.39 is 0 Å². The summed E-state index contributed by atoms with van der Waals surface area (Å²) in [7, 11) is 2.18. The van der Waals surface area contributed by atoms with Gasteiger partial charge < -0.3 is 9.64 Å². The number of rotatable bonds is 6. The average molecular weight is 275 g/mol. The van der Waals surface area contributed by atoms with Crippen LogP contribution < -0.4 is 0 Å². The van der Waals surface area contributed by atoms with E-state index in [1.165, 1.54) is 24.9 Å². The topological polar surface area (TPSA) is 28.6 Å². The lowest BCUT2D eigenvalue weighted by molar-refractivity contribution is -0.0372. The second-order valence-corrected chi connectivity index (χ2v) is 6.25. The van der Waals surface area contributed by atoms with Crippen LogP contribution in [0, 0.1) is 5.92 Å². The van der Waals surface area contributed by atoms with Gasteiger partial charge in [-0.25, -0.2) is 0 Å². The molecule has 2 fully saturated rings. The average Bonchev–Trinajstić information content (AvgIpc) is 3.24. The van der Waals surface area contributed by atoms with E-state index in [1.807, 2.05) is 12.4 Å². The van der Waals surface area contributed by atoms with Crippen LogP contribution in [0.3, 0.4) is 0 Å². The van der Waals surface area contributed by atoms with Crippen LogP contribution in [-0.2, 0) is 11.3 Å². The minimum atomic E-state index is 0.356. The number of hydrogen-bond acceptors (Lipinski definition) is 4. The molecular formula is C16H25N3O. The zero-order valence-electron chi connectivity index (χ0n) is 12.4. The minimum Gasteiger partial charge on any atom is -0.374 e. The maximum absolute atomic E-state index is 5.92. The predicted octanol–water partition coefficient (Wildman–Crippen LogP) is 1.62. The third kappa shape index (κ3) is 4.27. The van der Waals surface area contributed by atoms with Crippen LogP contribution in [0.15, 0.2) is 24.5 Å². The Balaban J connectivity index is 1.57. The number of pyridine rings is 1. The lowest BCUT2D eigenvalue weighted by Crippen LogP contribution is -2.46. The van der Waals surface area contributed by atoms with Crippen LogP contribution in [0.2, 0.25) is 0 Å². The van der Waals surface area contributed by atoms with Crippen molar-refractivity contribution in [2.24, 2.45) is 5.92 Å². The van der Waals surface area contributed by atoms with Crippen LogP contribution in [0.5, 0.6) is 0 Å². The fourth-order valence-electron chi connectivity index (χ4n) is 2.88. The van der Waals surface area contributed by atoms with Crippen molar-refractivity contribution in [3.63, 3.8) is 0 Å². The number of hydrogen-bond donors (Lipinski definition) is 0. The van der Waals surface area contributed by atoms with Gasteiger partial charge in [-0.15, -0.1) is 0 Å². The Morgan fingerprint density at radius 2 is 2.10 bits per heavy atom. The van der Waals surface area contributed by atoms with E-state index in [0.29, 0.717) is 6.10 Å². The number of aromatic nitrogens is 1. The van der Waals surface area contributed by atoms with Crippen LogP contribution in [0.4, 0.5) is 0 Å². The molecule has 0 radical (unpaired) electrons. The molecular weight excluding hydrogens is 250 g/mol. The monoisotopic (exact) mass is 275 g/mol. The molecule has 1 atom stereocenters. The first-order valence-electron chi connectivity index (χ1n) is 7.71. The van der Waals surface area contributed by atoms with Gasteiger partial charge in [0.05, 0.1) is 12.7 Å². The molecule has 0 N–H and O–H groups in total. The molecule has 1 aromatic heterocycles. The summed E-state index contributed by atoms with van der Waals surface area (Å²) in [5.74, 6) is 0.915. The minimum absolute atomic E-state index is 0.356. The molecule has 1 saturated heterocycles. The highest BCUT2D eigenvalue weighted by atomic mass is 16.5. The van der Waals surface area contributed by atoms with E-state index in [2.05, 4.69) is 34.0 Å². The van der Waals surface area contributed by atoms with Gasteiger partial charge in [0, 0.05) is 45.1 Å². The quantitative estimate of drug-likeness (QED) is 0.789. The van der Waals surface area contributed by atoms with Crippen molar-refractivity contribution in [1.29, 1.82) is 0 Å². The summed E-state index contributed by atoms with van der Waals surface area (Å²) in [4.78, 5) is 9.04. The molecule has 2 heterocycles. The fourth-order valence-corrected chi connectivity index (χ4v) is 2.88. The number of nitrogens with zero attached hydrogens (tertiary/aromatic N) is 3. The van der Waals surface area contributed by atoms with E-state index in [4.69, 9.17) is 4.74 Å². The molecule has 0 bridgehead atoms. The Kier molecular flexibility index (Phi) is 4.65. The van der Waals surface area contributed by atoms with Gasteiger partial charge in [0.25, 0.3) is 0 Å². The summed E-state index contributed by atoms with van der Waals surface area (Å²) < 4.78 is 5.92. The lowest BCUT2D eigenvalue weighted by Gasteiger charge is -2.34. The van der Waals surface area contributed by atoms with Crippen molar-refractivity contribution in [2.45, 2.75) is 25.5 Å². The van der Waals surface area contributed by atoms with Crippen LogP contribution in [-0.4, -0.2) is 60.7 Å². The van der Waals surface area contributed by atoms with Crippen LogP contribution >= 0.6 is 0 Å². The Morgan fingerprint density at radius 3 is 2.80 bits per heavy atom. The summed E-state index contributed by atoms with van der Waals surface area (Å²) in [6, 6.07) is 4.24. The van der Waals surface area contributed by atoms with Gasteiger partial charge in [0.1, 0.15) is 0 Å². The Bertz CT molecular complexity index is 407. The highest BCUT2D eigenvalue weighted by Gasteiger charge is 2.27. The summed E-state index contributed by atoms with van der Waals surface area (Å²) in [6.07, 6.45) is 6.93. The van der Waals surface area contributed by atoms with Crippen molar-refractivity contribution in [1.82, 2.24) is 14.8 Å². The first-order valence-corrected chi connectivity index (χ1v) is 7.71. The van der Waals surface area contributed by atoms with Gasteiger partial charge in [0.2, 0.25) is 0 Å². The highest BCUT2D eigenvalue weighted by Crippen LogP contribution is 2.30. The summed E-state index contributed by atoms with van der Waals surface area (Å²) in [5.41, 5.74) is 1.35. The Hall–Kier alpha value is -0.970. The zero-order valence-corrected chi connectivity index (χ0v) is 12.4. The van der Waals surface area contributed by atoms with Crippen molar-refractivity contribution in [3.05, 3.63) is 30.1 Å². The van der Waals surface area contributed by atoms with Crippen molar-refractivity contribution in [2.75, 3.05) is 39.8 Å². The van der Waals surface area contributed by atoms with Gasteiger partial charge in [-0.05, 0) is 43.5 Å². The molecule has 4 heteroatoms. The third-order valence-corrected chi connectivity index (χ3v) is 4.17. The molecule has 3 rings (SSSR count). The first-order chi connectivity index (χ1) is 9.79. The molecule has 110 valence electrons. The predicted molar refractivity (Wildman–Crippen MR) is 79.5 cm³/mol. The van der Waals surface area contributed by atoms with Crippen LogP contribution in [0.1, 0.15) is 18.4 Å². The van der Waals surface area contributed by atoms with Crippen molar-refractivity contribution in [3.8, 4) is 0 Å². The normalized spacial score (nSPS) is 24.2. The van der Waals surface area contributed by atoms with Gasteiger partial charge in [-0.3, -0.25) is 9.88 Å². The molecule has 20 heavy (non-hydrogen) atoms. The highest BCUT2D eigenvalue weighted by molar-refractivity contribution is 5.09. The maximum atomic E-state index is 5.92. The molecule has 1 aliphatic heterocycles. The molecule has 1 unspecified atom stereocenters. The van der Waals surface area contributed by atoms with Gasteiger partial charge in [-0.1, -0.05) is 0 Å². The smallest absolute Gasteiger partial charge is 0.0829 e. The van der Waals surface area contributed by atoms with Crippen molar-refractivity contribution >= 4 is 0 Å². The molecule has 1 aliphatic carbocycles. The van der Waals surface area contributed by atoms with Crippen LogP contribution in [0.25, 0.3) is 0 Å². The van der Waals surface area contributed by atoms with E-state index in [9.17, 15) is 0 Å². The third-order valence-electron chi connectivity index (χ3n) is 4.17. The van der Waals surface area contributed by atoms with E-state index in [-0.39, 0.29) is 0 Å².